The SMILES string of the molecule is COc1ccc(NC(=O)c2ccc(S(=O)(=O)N(C)c3ccccc3OC)cc2)cn1. The van der Waals surface area contributed by atoms with Crippen LogP contribution >= 0.6 is 0 Å². The van der Waals surface area contributed by atoms with Crippen molar-refractivity contribution in [3.63, 3.8) is 0 Å². The first-order valence-corrected chi connectivity index (χ1v) is 10.3. The van der Waals surface area contributed by atoms with Gasteiger partial charge in [0.2, 0.25) is 5.88 Å². The summed E-state index contributed by atoms with van der Waals surface area (Å²) in [4.78, 5) is 16.5. The zero-order valence-electron chi connectivity index (χ0n) is 16.7. The lowest BCUT2D eigenvalue weighted by molar-refractivity contribution is 0.102. The number of carbonyl (C=O) groups is 1. The molecule has 3 aromatic rings. The summed E-state index contributed by atoms with van der Waals surface area (Å²) in [6.07, 6.45) is 1.47. The van der Waals surface area contributed by atoms with Crippen LogP contribution in [0.25, 0.3) is 0 Å². The lowest BCUT2D eigenvalue weighted by Gasteiger charge is -2.21. The Bertz CT molecular complexity index is 1130. The van der Waals surface area contributed by atoms with Gasteiger partial charge in [-0.1, -0.05) is 12.1 Å². The number of benzene rings is 2. The summed E-state index contributed by atoms with van der Waals surface area (Å²) < 4.78 is 37.3. The lowest BCUT2D eigenvalue weighted by atomic mass is 10.2. The van der Waals surface area contributed by atoms with Crippen molar-refractivity contribution in [2.24, 2.45) is 0 Å². The highest BCUT2D eigenvalue weighted by atomic mass is 32.2. The van der Waals surface area contributed by atoms with Crippen molar-refractivity contribution in [3.8, 4) is 11.6 Å². The van der Waals surface area contributed by atoms with E-state index in [9.17, 15) is 13.2 Å². The highest BCUT2D eigenvalue weighted by Crippen LogP contribution is 2.30. The Kier molecular flexibility index (Phi) is 6.22. The van der Waals surface area contributed by atoms with E-state index in [1.807, 2.05) is 0 Å². The fraction of sp³-hybridized carbons (Fsp3) is 0.143. The standard InChI is InChI=1S/C21H21N3O5S/c1-24(18-6-4-5-7-19(18)28-2)30(26,27)17-11-8-15(9-12-17)21(25)23-16-10-13-20(29-3)22-14-16/h4-14H,1-3H3,(H,23,25). The maximum absolute atomic E-state index is 13.0. The van der Waals surface area contributed by atoms with Crippen LogP contribution in [0.15, 0.2) is 71.8 Å². The number of carbonyl (C=O) groups excluding carboxylic acids is 1. The Morgan fingerprint density at radius 3 is 2.27 bits per heavy atom. The summed E-state index contributed by atoms with van der Waals surface area (Å²) in [6, 6.07) is 15.8. The minimum absolute atomic E-state index is 0.0542. The van der Waals surface area contributed by atoms with E-state index in [-0.39, 0.29) is 10.8 Å². The number of rotatable bonds is 7. The van der Waals surface area contributed by atoms with Crippen molar-refractivity contribution >= 4 is 27.3 Å². The number of anilines is 2. The molecule has 1 N–H and O–H groups in total. The summed E-state index contributed by atoms with van der Waals surface area (Å²) in [5, 5.41) is 2.70. The molecule has 1 amide bonds. The van der Waals surface area contributed by atoms with E-state index in [0.29, 0.717) is 28.6 Å². The molecule has 0 unspecified atom stereocenters. The van der Waals surface area contributed by atoms with Crippen LogP contribution < -0.4 is 19.1 Å². The minimum atomic E-state index is -3.84. The number of sulfonamides is 1. The van der Waals surface area contributed by atoms with Gasteiger partial charge in [-0.3, -0.25) is 9.10 Å². The van der Waals surface area contributed by atoms with Gasteiger partial charge >= 0.3 is 0 Å². The van der Waals surface area contributed by atoms with Gasteiger partial charge in [0.25, 0.3) is 15.9 Å². The van der Waals surface area contributed by atoms with Gasteiger partial charge in [0.05, 0.1) is 36.7 Å². The van der Waals surface area contributed by atoms with E-state index in [1.54, 1.807) is 36.4 Å². The third-order valence-electron chi connectivity index (χ3n) is 4.40. The highest BCUT2D eigenvalue weighted by molar-refractivity contribution is 7.92. The highest BCUT2D eigenvalue weighted by Gasteiger charge is 2.24. The molecular weight excluding hydrogens is 406 g/mol. The van der Waals surface area contributed by atoms with E-state index >= 15 is 0 Å². The monoisotopic (exact) mass is 427 g/mol. The topological polar surface area (TPSA) is 97.8 Å². The summed E-state index contributed by atoms with van der Waals surface area (Å²) in [7, 11) is 0.592. The summed E-state index contributed by atoms with van der Waals surface area (Å²) >= 11 is 0. The predicted molar refractivity (Wildman–Crippen MR) is 114 cm³/mol. The van der Waals surface area contributed by atoms with Crippen LogP contribution in [0.3, 0.4) is 0 Å². The molecule has 2 aromatic carbocycles. The average Bonchev–Trinajstić information content (AvgIpc) is 2.79. The molecule has 0 saturated heterocycles. The first-order valence-electron chi connectivity index (χ1n) is 8.90. The molecule has 1 aromatic heterocycles. The predicted octanol–water partition coefficient (Wildman–Crippen LogP) is 3.18. The van der Waals surface area contributed by atoms with Gasteiger partial charge in [-0.2, -0.15) is 0 Å². The maximum Gasteiger partial charge on any atom is 0.264 e. The summed E-state index contributed by atoms with van der Waals surface area (Å²) in [5.41, 5.74) is 1.21. The van der Waals surface area contributed by atoms with E-state index in [2.05, 4.69) is 10.3 Å². The number of aromatic nitrogens is 1. The molecule has 9 heteroatoms. The second kappa shape index (κ2) is 8.83. The Morgan fingerprint density at radius 1 is 0.967 bits per heavy atom. The smallest absolute Gasteiger partial charge is 0.264 e. The molecule has 0 spiro atoms. The van der Waals surface area contributed by atoms with Crippen LogP contribution in [-0.2, 0) is 10.0 Å². The van der Waals surface area contributed by atoms with Gasteiger partial charge in [0.15, 0.2) is 0 Å². The number of methoxy groups -OCH3 is 2. The van der Waals surface area contributed by atoms with Gasteiger partial charge in [-0.25, -0.2) is 13.4 Å². The Morgan fingerprint density at radius 2 is 1.67 bits per heavy atom. The molecule has 0 fully saturated rings. The molecule has 0 aliphatic carbocycles. The molecule has 0 aliphatic heterocycles. The molecule has 3 rings (SSSR count). The Hall–Kier alpha value is -3.59. The van der Waals surface area contributed by atoms with Gasteiger partial charge < -0.3 is 14.8 Å². The quantitative estimate of drug-likeness (QED) is 0.622. The normalized spacial score (nSPS) is 10.9. The van der Waals surface area contributed by atoms with Gasteiger partial charge in [0, 0.05) is 18.7 Å². The Labute approximate surface area is 175 Å². The van der Waals surface area contributed by atoms with Crippen LogP contribution in [0.1, 0.15) is 10.4 Å². The van der Waals surface area contributed by atoms with E-state index in [0.717, 1.165) is 4.31 Å². The average molecular weight is 427 g/mol. The molecule has 0 saturated carbocycles. The minimum Gasteiger partial charge on any atom is -0.495 e. The van der Waals surface area contributed by atoms with E-state index < -0.39 is 10.0 Å². The van der Waals surface area contributed by atoms with Crippen molar-refractivity contribution in [2.45, 2.75) is 4.90 Å². The molecule has 0 aliphatic rings. The van der Waals surface area contributed by atoms with Crippen molar-refractivity contribution in [1.82, 2.24) is 4.98 Å². The molecule has 0 atom stereocenters. The van der Waals surface area contributed by atoms with Crippen molar-refractivity contribution in [3.05, 3.63) is 72.4 Å². The number of para-hydroxylation sites is 2. The lowest BCUT2D eigenvalue weighted by Crippen LogP contribution is -2.27. The number of nitrogens with one attached hydrogen (secondary N) is 1. The molecule has 156 valence electrons. The van der Waals surface area contributed by atoms with Crippen LogP contribution in [0.4, 0.5) is 11.4 Å². The number of nitrogens with zero attached hydrogens (tertiary/aromatic N) is 2. The fourth-order valence-electron chi connectivity index (χ4n) is 2.73. The zero-order chi connectivity index (χ0) is 21.7. The number of ether oxygens (including phenoxy) is 2. The second-order valence-corrected chi connectivity index (χ2v) is 8.18. The number of hydrogen-bond donors (Lipinski definition) is 1. The van der Waals surface area contributed by atoms with Crippen molar-refractivity contribution in [2.75, 3.05) is 30.9 Å². The maximum atomic E-state index is 13.0. The first kappa shape index (κ1) is 21.1. The van der Waals surface area contributed by atoms with Crippen molar-refractivity contribution in [1.29, 1.82) is 0 Å². The number of hydrogen-bond acceptors (Lipinski definition) is 6. The molecule has 0 bridgehead atoms. The molecule has 0 radical (unpaired) electrons. The van der Waals surface area contributed by atoms with Crippen LogP contribution in [0, 0.1) is 0 Å². The fourth-order valence-corrected chi connectivity index (χ4v) is 3.94. The first-order chi connectivity index (χ1) is 14.4. The zero-order valence-corrected chi connectivity index (χ0v) is 17.5. The van der Waals surface area contributed by atoms with Gasteiger partial charge in [0.1, 0.15) is 5.75 Å². The van der Waals surface area contributed by atoms with E-state index in [4.69, 9.17) is 9.47 Å². The molecule has 8 nitrogen and oxygen atoms in total. The molecule has 30 heavy (non-hydrogen) atoms. The van der Waals surface area contributed by atoms with Crippen LogP contribution in [0.2, 0.25) is 0 Å². The molecule has 1 heterocycles. The van der Waals surface area contributed by atoms with Gasteiger partial charge in [-0.15, -0.1) is 0 Å². The Balaban J connectivity index is 1.79. The molecular formula is C21H21N3O5S. The number of amides is 1. The van der Waals surface area contributed by atoms with E-state index in [1.165, 1.54) is 51.7 Å². The summed E-state index contributed by atoms with van der Waals surface area (Å²) in [6.45, 7) is 0. The van der Waals surface area contributed by atoms with Gasteiger partial charge in [-0.05, 0) is 42.5 Å². The summed E-state index contributed by atoms with van der Waals surface area (Å²) in [5.74, 6) is 0.485. The van der Waals surface area contributed by atoms with Crippen molar-refractivity contribution < 1.29 is 22.7 Å². The largest absolute Gasteiger partial charge is 0.495 e. The second-order valence-electron chi connectivity index (χ2n) is 6.21. The van der Waals surface area contributed by atoms with Crippen LogP contribution in [-0.4, -0.2) is 40.6 Å². The van der Waals surface area contributed by atoms with Crippen LogP contribution in [0.5, 0.6) is 11.6 Å². The third kappa shape index (κ3) is 4.36. The third-order valence-corrected chi connectivity index (χ3v) is 6.19. The number of pyridine rings is 1.